The highest BCUT2D eigenvalue weighted by Crippen LogP contribution is 2.25. The lowest BCUT2D eigenvalue weighted by atomic mass is 9.89. The summed E-state index contributed by atoms with van der Waals surface area (Å²) in [6, 6.07) is 0. The minimum Gasteiger partial charge on any atom is -0.381 e. The lowest BCUT2D eigenvalue weighted by Crippen LogP contribution is -2.39. The van der Waals surface area contributed by atoms with Crippen LogP contribution in [0.2, 0.25) is 0 Å². The molecule has 0 aromatic rings. The van der Waals surface area contributed by atoms with Gasteiger partial charge in [0.25, 0.3) is 0 Å². The van der Waals surface area contributed by atoms with Crippen molar-refractivity contribution in [2.75, 3.05) is 19.8 Å². The number of rotatable bonds is 0. The third-order valence-corrected chi connectivity index (χ3v) is 2.34. The summed E-state index contributed by atoms with van der Waals surface area (Å²) in [5.74, 6) is 1.29. The van der Waals surface area contributed by atoms with E-state index in [1.165, 1.54) is 0 Å². The first-order valence-corrected chi connectivity index (χ1v) is 3.70. The second kappa shape index (κ2) is 2.23. The molecule has 0 aromatic heterocycles. The number of carbonyl (C=O) groups excluding carboxylic acids is 1. The molecule has 56 valence electrons. The van der Waals surface area contributed by atoms with E-state index in [9.17, 15) is 4.79 Å². The molecule has 3 nitrogen and oxygen atoms in total. The van der Waals surface area contributed by atoms with Gasteiger partial charge in [-0.25, -0.2) is 0 Å². The Morgan fingerprint density at radius 1 is 1.40 bits per heavy atom. The summed E-state index contributed by atoms with van der Waals surface area (Å²) in [6.07, 6.45) is 0.671. The highest BCUT2D eigenvalue weighted by atomic mass is 16.5. The summed E-state index contributed by atoms with van der Waals surface area (Å²) in [5.41, 5.74) is 0. The van der Waals surface area contributed by atoms with E-state index in [0.717, 1.165) is 19.8 Å². The molecule has 2 rings (SSSR count). The Labute approximate surface area is 59.7 Å². The molecular formula is C7H11NO2. The van der Waals surface area contributed by atoms with Gasteiger partial charge in [-0.3, -0.25) is 4.79 Å². The molecule has 2 aliphatic heterocycles. The van der Waals surface area contributed by atoms with Crippen molar-refractivity contribution < 1.29 is 9.53 Å². The topological polar surface area (TPSA) is 38.3 Å². The first kappa shape index (κ1) is 6.16. The van der Waals surface area contributed by atoms with Crippen LogP contribution in [-0.2, 0) is 9.53 Å². The van der Waals surface area contributed by atoms with Crippen molar-refractivity contribution in [3.63, 3.8) is 0 Å². The second-order valence-corrected chi connectivity index (χ2v) is 3.07. The lowest BCUT2D eigenvalue weighted by molar-refractivity contribution is -0.124. The van der Waals surface area contributed by atoms with Crippen LogP contribution in [0.15, 0.2) is 0 Å². The van der Waals surface area contributed by atoms with Gasteiger partial charge in [0, 0.05) is 18.9 Å². The molecular weight excluding hydrogens is 130 g/mol. The molecule has 0 aromatic carbocycles. The number of hydrogen-bond donors (Lipinski definition) is 1. The number of carbonyl (C=O) groups is 1. The summed E-state index contributed by atoms with van der Waals surface area (Å²) >= 11 is 0. The monoisotopic (exact) mass is 141 g/mol. The molecule has 3 heteroatoms. The largest absolute Gasteiger partial charge is 0.381 e. The van der Waals surface area contributed by atoms with Gasteiger partial charge in [-0.15, -0.1) is 0 Å². The Balaban J connectivity index is 2.03. The van der Waals surface area contributed by atoms with Crippen LogP contribution < -0.4 is 5.32 Å². The van der Waals surface area contributed by atoms with E-state index in [2.05, 4.69) is 5.32 Å². The summed E-state index contributed by atoms with van der Waals surface area (Å²) in [5, 5.41) is 2.83. The van der Waals surface area contributed by atoms with Crippen LogP contribution >= 0.6 is 0 Å². The number of hydrogen-bond acceptors (Lipinski definition) is 2. The first-order valence-electron chi connectivity index (χ1n) is 3.70. The van der Waals surface area contributed by atoms with Gasteiger partial charge in [0.2, 0.25) is 5.91 Å². The molecule has 1 N–H and O–H groups in total. The van der Waals surface area contributed by atoms with E-state index in [1.54, 1.807) is 0 Å². The molecule has 0 aliphatic carbocycles. The minimum absolute atomic E-state index is 0.187. The Morgan fingerprint density at radius 3 is 3.10 bits per heavy atom. The zero-order chi connectivity index (χ0) is 6.97. The van der Waals surface area contributed by atoms with E-state index in [1.807, 2.05) is 0 Å². The van der Waals surface area contributed by atoms with Gasteiger partial charge < -0.3 is 10.1 Å². The third kappa shape index (κ3) is 0.904. The van der Waals surface area contributed by atoms with Gasteiger partial charge in [0.1, 0.15) is 0 Å². The molecule has 0 radical (unpaired) electrons. The van der Waals surface area contributed by atoms with E-state index < -0.39 is 0 Å². The van der Waals surface area contributed by atoms with Crippen molar-refractivity contribution in [1.29, 1.82) is 0 Å². The maximum atomic E-state index is 10.8. The molecule has 0 spiro atoms. The Bertz CT molecular complexity index is 158. The van der Waals surface area contributed by atoms with Crippen LogP contribution in [0.4, 0.5) is 0 Å². The Hall–Kier alpha value is -0.570. The predicted octanol–water partition coefficient (Wildman–Crippen LogP) is -0.231. The maximum Gasteiger partial charge on any atom is 0.220 e. The van der Waals surface area contributed by atoms with Gasteiger partial charge in [0.15, 0.2) is 0 Å². The van der Waals surface area contributed by atoms with E-state index in [0.29, 0.717) is 18.3 Å². The van der Waals surface area contributed by atoms with Gasteiger partial charge in [-0.1, -0.05) is 0 Å². The molecule has 0 unspecified atom stereocenters. The fraction of sp³-hybridized carbons (Fsp3) is 0.857. The van der Waals surface area contributed by atoms with Crippen LogP contribution in [0.25, 0.3) is 0 Å². The van der Waals surface area contributed by atoms with Crippen LogP contribution in [0.3, 0.4) is 0 Å². The van der Waals surface area contributed by atoms with Crippen LogP contribution in [0.5, 0.6) is 0 Å². The van der Waals surface area contributed by atoms with Crippen molar-refractivity contribution in [3.8, 4) is 0 Å². The fourth-order valence-corrected chi connectivity index (χ4v) is 1.65. The molecule has 2 atom stereocenters. The van der Waals surface area contributed by atoms with Crippen molar-refractivity contribution in [3.05, 3.63) is 0 Å². The SMILES string of the molecule is O=C1C[C@@H]2COC[C@H]2CN1. The summed E-state index contributed by atoms with van der Waals surface area (Å²) < 4.78 is 5.25. The average molecular weight is 141 g/mol. The van der Waals surface area contributed by atoms with Gasteiger partial charge in [-0.05, 0) is 5.92 Å². The van der Waals surface area contributed by atoms with Gasteiger partial charge >= 0.3 is 0 Å². The summed E-state index contributed by atoms with van der Waals surface area (Å²) in [7, 11) is 0. The van der Waals surface area contributed by atoms with E-state index in [4.69, 9.17) is 4.74 Å². The Morgan fingerprint density at radius 2 is 2.20 bits per heavy atom. The lowest BCUT2D eigenvalue weighted by Gasteiger charge is -2.22. The molecule has 0 bridgehead atoms. The highest BCUT2D eigenvalue weighted by Gasteiger charge is 2.33. The van der Waals surface area contributed by atoms with Crippen molar-refractivity contribution in [1.82, 2.24) is 5.32 Å². The van der Waals surface area contributed by atoms with Crippen molar-refractivity contribution in [2.24, 2.45) is 11.8 Å². The molecule has 2 heterocycles. The van der Waals surface area contributed by atoms with E-state index in [-0.39, 0.29) is 5.91 Å². The molecule has 0 saturated carbocycles. The predicted molar refractivity (Wildman–Crippen MR) is 35.4 cm³/mol. The van der Waals surface area contributed by atoms with Crippen molar-refractivity contribution >= 4 is 5.91 Å². The third-order valence-electron chi connectivity index (χ3n) is 2.34. The van der Waals surface area contributed by atoms with E-state index >= 15 is 0 Å². The van der Waals surface area contributed by atoms with Crippen molar-refractivity contribution in [2.45, 2.75) is 6.42 Å². The average Bonchev–Trinajstić information content (AvgIpc) is 2.33. The molecule has 2 saturated heterocycles. The minimum atomic E-state index is 0.187. The normalized spacial score (nSPS) is 39.0. The molecule has 10 heavy (non-hydrogen) atoms. The number of piperidine rings is 1. The van der Waals surface area contributed by atoms with Gasteiger partial charge in [-0.2, -0.15) is 0 Å². The molecule has 2 fully saturated rings. The number of ether oxygens (including phenoxy) is 1. The number of nitrogens with one attached hydrogen (secondary N) is 1. The fourth-order valence-electron chi connectivity index (χ4n) is 1.65. The molecule has 2 aliphatic rings. The second-order valence-electron chi connectivity index (χ2n) is 3.07. The quantitative estimate of drug-likeness (QED) is 0.506. The Kier molecular flexibility index (Phi) is 1.38. The standard InChI is InChI=1S/C7H11NO2/c9-7-1-5-3-10-4-6(5)2-8-7/h5-6H,1-4H2,(H,8,9)/t5-,6-/m1/s1. The van der Waals surface area contributed by atoms with Crippen LogP contribution in [-0.4, -0.2) is 25.7 Å². The van der Waals surface area contributed by atoms with Crippen LogP contribution in [0.1, 0.15) is 6.42 Å². The number of fused-ring (bicyclic) bond motifs is 1. The highest BCUT2D eigenvalue weighted by molar-refractivity contribution is 5.77. The smallest absolute Gasteiger partial charge is 0.220 e. The summed E-state index contributed by atoms with van der Waals surface area (Å²) in [6.45, 7) is 2.45. The first-order chi connectivity index (χ1) is 4.86. The maximum absolute atomic E-state index is 10.8. The number of amides is 1. The zero-order valence-corrected chi connectivity index (χ0v) is 5.80. The van der Waals surface area contributed by atoms with Gasteiger partial charge in [0.05, 0.1) is 13.2 Å². The summed E-state index contributed by atoms with van der Waals surface area (Å²) in [4.78, 5) is 10.8. The van der Waals surface area contributed by atoms with Crippen LogP contribution in [0, 0.1) is 11.8 Å². The molecule has 1 amide bonds. The zero-order valence-electron chi connectivity index (χ0n) is 5.80.